The van der Waals surface area contributed by atoms with Crippen LogP contribution >= 0.6 is 11.6 Å². The van der Waals surface area contributed by atoms with Gasteiger partial charge in [-0.25, -0.2) is 14.9 Å². The average molecular weight is 488 g/mol. The second-order valence-electron chi connectivity index (χ2n) is 9.20. The lowest BCUT2D eigenvalue weighted by atomic mass is 10.1. The van der Waals surface area contributed by atoms with Gasteiger partial charge < -0.3 is 14.8 Å². The minimum Gasteiger partial charge on any atom is -0.352 e. The first-order valence-corrected chi connectivity index (χ1v) is 12.0. The zero-order valence-electron chi connectivity index (χ0n) is 19.8. The summed E-state index contributed by atoms with van der Waals surface area (Å²) < 4.78 is 17.7. The normalized spacial score (nSPS) is 13.6. The quantitative estimate of drug-likeness (QED) is 0.284. The van der Waals surface area contributed by atoms with Crippen LogP contribution in [0.4, 0.5) is 15.8 Å². The Morgan fingerprint density at radius 1 is 1.29 bits per heavy atom. The summed E-state index contributed by atoms with van der Waals surface area (Å²) in [5, 5.41) is 3.67. The number of nitrogens with one attached hydrogen (secondary N) is 2. The molecule has 2 aromatic carbocycles. The van der Waals surface area contributed by atoms with Crippen LogP contribution in [-0.4, -0.2) is 47.6 Å². The lowest BCUT2D eigenvalue weighted by Crippen LogP contribution is -2.26. The van der Waals surface area contributed by atoms with E-state index in [-0.39, 0.29) is 16.8 Å². The molecule has 1 aliphatic carbocycles. The minimum absolute atomic E-state index is 0.0586. The lowest BCUT2D eigenvalue weighted by molar-refractivity contribution is 0.0271. The molecular formula is C25H31ClFN5O2. The zero-order valence-corrected chi connectivity index (χ0v) is 20.6. The molecule has 1 fully saturated rings. The number of nitrogens with zero attached hydrogens (tertiary/aromatic N) is 3. The number of anilines is 2. The van der Waals surface area contributed by atoms with E-state index < -0.39 is 11.7 Å². The summed E-state index contributed by atoms with van der Waals surface area (Å²) in [5.74, 6) is -0.598. The molecule has 1 heterocycles. The van der Waals surface area contributed by atoms with Gasteiger partial charge in [-0.05, 0) is 89.0 Å². The molecule has 0 unspecified atom stereocenters. The maximum absolute atomic E-state index is 15.8. The second kappa shape index (κ2) is 10.7. The molecule has 3 aromatic rings. The van der Waals surface area contributed by atoms with Crippen LogP contribution in [0.15, 0.2) is 30.6 Å². The summed E-state index contributed by atoms with van der Waals surface area (Å²) in [6.45, 7) is 3.98. The Labute approximate surface area is 204 Å². The van der Waals surface area contributed by atoms with Crippen molar-refractivity contribution in [3.63, 3.8) is 0 Å². The first-order valence-electron chi connectivity index (χ1n) is 11.6. The molecule has 0 radical (unpaired) electrons. The van der Waals surface area contributed by atoms with Crippen molar-refractivity contribution in [3.8, 4) is 0 Å². The van der Waals surface area contributed by atoms with E-state index in [0.29, 0.717) is 35.3 Å². The molecule has 34 heavy (non-hydrogen) atoms. The van der Waals surface area contributed by atoms with Gasteiger partial charge in [0.25, 0.3) is 5.91 Å². The number of carbonyl (C=O) groups excluding carboxylic acids is 1. The third kappa shape index (κ3) is 5.87. The van der Waals surface area contributed by atoms with E-state index in [9.17, 15) is 4.79 Å². The number of hydrogen-bond donors (Lipinski definition) is 2. The molecule has 7 nitrogen and oxygen atoms in total. The van der Waals surface area contributed by atoms with Crippen molar-refractivity contribution in [2.24, 2.45) is 5.92 Å². The highest BCUT2D eigenvalue weighted by Gasteiger charge is 2.25. The summed E-state index contributed by atoms with van der Waals surface area (Å²) in [4.78, 5) is 24.9. The summed E-state index contributed by atoms with van der Waals surface area (Å²) in [7, 11) is 4.07. The second-order valence-corrected chi connectivity index (χ2v) is 9.64. The van der Waals surface area contributed by atoms with Crippen LogP contribution in [0.25, 0.3) is 11.0 Å². The Kier molecular flexibility index (Phi) is 7.70. The number of rotatable bonds is 11. The van der Waals surface area contributed by atoms with Crippen LogP contribution < -0.4 is 10.8 Å². The van der Waals surface area contributed by atoms with E-state index in [2.05, 4.69) is 20.7 Å². The molecule has 0 saturated heterocycles. The minimum atomic E-state index is -0.578. The van der Waals surface area contributed by atoms with Gasteiger partial charge in [0.2, 0.25) is 0 Å². The number of aryl methyl sites for hydroxylation is 2. The monoisotopic (exact) mass is 487 g/mol. The van der Waals surface area contributed by atoms with Gasteiger partial charge in [-0.3, -0.25) is 9.63 Å². The van der Waals surface area contributed by atoms with Crippen molar-refractivity contribution in [1.29, 1.82) is 0 Å². The Morgan fingerprint density at radius 3 is 2.79 bits per heavy atom. The fraction of sp³-hybridized carbons (Fsp3) is 0.440. The highest BCUT2D eigenvalue weighted by molar-refractivity contribution is 6.30. The summed E-state index contributed by atoms with van der Waals surface area (Å²) >= 11 is 6.07. The van der Waals surface area contributed by atoms with E-state index in [1.54, 1.807) is 30.6 Å². The van der Waals surface area contributed by atoms with Crippen molar-refractivity contribution in [2.45, 2.75) is 39.2 Å². The molecule has 9 heteroatoms. The van der Waals surface area contributed by atoms with Gasteiger partial charge in [0.05, 0.1) is 29.7 Å². The van der Waals surface area contributed by atoms with Crippen LogP contribution in [0.5, 0.6) is 0 Å². The topological polar surface area (TPSA) is 71.4 Å². The highest BCUT2D eigenvalue weighted by Crippen LogP contribution is 2.33. The van der Waals surface area contributed by atoms with Crippen molar-refractivity contribution in [3.05, 3.63) is 52.6 Å². The first kappa shape index (κ1) is 24.4. The van der Waals surface area contributed by atoms with Gasteiger partial charge in [0.1, 0.15) is 5.52 Å². The third-order valence-corrected chi connectivity index (χ3v) is 6.22. The van der Waals surface area contributed by atoms with Crippen molar-refractivity contribution in [1.82, 2.24) is 19.9 Å². The summed E-state index contributed by atoms with van der Waals surface area (Å²) in [6.07, 6.45) is 5.76. The molecule has 1 aliphatic rings. The molecular weight excluding hydrogens is 457 g/mol. The summed E-state index contributed by atoms with van der Waals surface area (Å²) in [5.41, 5.74) is 4.98. The third-order valence-electron chi connectivity index (χ3n) is 5.98. The van der Waals surface area contributed by atoms with E-state index in [4.69, 9.17) is 16.4 Å². The predicted octanol–water partition coefficient (Wildman–Crippen LogP) is 5.29. The van der Waals surface area contributed by atoms with Crippen LogP contribution in [0.2, 0.25) is 5.02 Å². The van der Waals surface area contributed by atoms with E-state index in [1.165, 1.54) is 0 Å². The molecule has 1 saturated carbocycles. The van der Waals surface area contributed by atoms with Gasteiger partial charge in [-0.15, -0.1) is 0 Å². The average Bonchev–Trinajstić information content (AvgIpc) is 3.52. The van der Waals surface area contributed by atoms with E-state index in [1.807, 2.05) is 25.6 Å². The Morgan fingerprint density at radius 2 is 2.09 bits per heavy atom. The van der Waals surface area contributed by atoms with Crippen LogP contribution in [-0.2, 0) is 11.4 Å². The fourth-order valence-electron chi connectivity index (χ4n) is 3.81. The number of carbonyl (C=O) groups is 1. The fourth-order valence-corrected chi connectivity index (χ4v) is 4.04. The van der Waals surface area contributed by atoms with Crippen LogP contribution in [0, 0.1) is 18.7 Å². The van der Waals surface area contributed by atoms with Crippen molar-refractivity contribution < 1.29 is 14.0 Å². The molecule has 2 N–H and O–H groups in total. The molecule has 1 amide bonds. The van der Waals surface area contributed by atoms with Gasteiger partial charge in [-0.2, -0.15) is 0 Å². The number of imidazole rings is 1. The molecule has 1 aromatic heterocycles. The van der Waals surface area contributed by atoms with E-state index in [0.717, 1.165) is 37.8 Å². The number of unbranched alkanes of at least 4 members (excludes halogenated alkanes) is 1. The maximum atomic E-state index is 15.8. The number of benzene rings is 2. The van der Waals surface area contributed by atoms with Crippen LogP contribution in [0.3, 0.4) is 0 Å². The number of hydrogen-bond acceptors (Lipinski definition) is 5. The smallest absolute Gasteiger partial charge is 0.277 e. The molecule has 0 atom stereocenters. The number of aromatic nitrogens is 2. The Balaban J connectivity index is 1.66. The van der Waals surface area contributed by atoms with Gasteiger partial charge in [-0.1, -0.05) is 11.6 Å². The Bertz CT molecular complexity index is 1180. The molecule has 0 spiro atoms. The van der Waals surface area contributed by atoms with Gasteiger partial charge in [0, 0.05) is 17.3 Å². The Hall–Kier alpha value is -2.68. The van der Waals surface area contributed by atoms with E-state index >= 15 is 4.39 Å². The van der Waals surface area contributed by atoms with Gasteiger partial charge in [0.15, 0.2) is 5.82 Å². The highest BCUT2D eigenvalue weighted by atomic mass is 35.5. The standard InChI is InChI=1S/C25H31ClFN5O2/c1-16-12-18(26)8-9-20(16)29-23-19(25(33)30-34-14-17-6-7-17)13-21-24(22(23)27)28-15-32(21)11-5-4-10-31(2)3/h8-9,12-13,15,17,29H,4-7,10-11,14H2,1-3H3,(H,30,33). The SMILES string of the molecule is Cc1cc(Cl)ccc1Nc1c(C(=O)NOCC2CC2)cc2c(ncn2CCCCN(C)C)c1F. The largest absolute Gasteiger partial charge is 0.352 e. The number of amides is 1. The molecule has 0 aliphatic heterocycles. The number of halogens is 2. The first-order chi connectivity index (χ1) is 16.3. The van der Waals surface area contributed by atoms with Crippen molar-refractivity contribution >= 4 is 39.9 Å². The molecule has 4 rings (SSSR count). The predicted molar refractivity (Wildman–Crippen MR) is 133 cm³/mol. The van der Waals surface area contributed by atoms with Gasteiger partial charge >= 0.3 is 0 Å². The molecule has 0 bridgehead atoms. The van der Waals surface area contributed by atoms with Crippen molar-refractivity contribution in [2.75, 3.05) is 32.6 Å². The summed E-state index contributed by atoms with van der Waals surface area (Å²) in [6, 6.07) is 6.94. The molecule has 182 valence electrons. The number of fused-ring (bicyclic) bond motifs is 1. The van der Waals surface area contributed by atoms with Crippen LogP contribution in [0.1, 0.15) is 41.6 Å². The maximum Gasteiger partial charge on any atom is 0.277 e. The number of hydroxylamine groups is 1. The zero-order chi connectivity index (χ0) is 24.2. The lowest BCUT2D eigenvalue weighted by Gasteiger charge is -2.16.